The Morgan fingerprint density at radius 2 is 2.31 bits per heavy atom. The molecule has 1 heterocycles. The van der Waals surface area contributed by atoms with Gasteiger partial charge in [0.15, 0.2) is 0 Å². The van der Waals surface area contributed by atoms with Crippen LogP contribution in [0.25, 0.3) is 0 Å². The standard InChI is InChI=1S/C10H16O3/c1-6-5-13-8-7(6)3-4-10(2,12)9(8)11/h7-9,11-12H,1,3-5H2,2H3/t7-,8+,9-,10+/m0/s1. The monoisotopic (exact) mass is 184 g/mol. The lowest BCUT2D eigenvalue weighted by Crippen LogP contribution is -2.52. The van der Waals surface area contributed by atoms with Crippen molar-refractivity contribution >= 4 is 0 Å². The highest BCUT2D eigenvalue weighted by Crippen LogP contribution is 2.41. The van der Waals surface area contributed by atoms with Crippen molar-refractivity contribution in [2.24, 2.45) is 5.92 Å². The molecule has 0 aromatic rings. The van der Waals surface area contributed by atoms with Crippen LogP contribution in [0.15, 0.2) is 12.2 Å². The Balaban J connectivity index is 2.19. The number of aliphatic hydroxyl groups is 2. The van der Waals surface area contributed by atoms with E-state index in [-0.39, 0.29) is 12.0 Å². The summed E-state index contributed by atoms with van der Waals surface area (Å²) in [5, 5.41) is 19.6. The third-order valence-corrected chi connectivity index (χ3v) is 3.29. The molecule has 13 heavy (non-hydrogen) atoms. The largest absolute Gasteiger partial charge is 0.387 e. The van der Waals surface area contributed by atoms with Gasteiger partial charge in [-0.1, -0.05) is 6.58 Å². The van der Waals surface area contributed by atoms with Crippen LogP contribution in [-0.2, 0) is 4.74 Å². The lowest BCUT2D eigenvalue weighted by atomic mass is 9.74. The van der Waals surface area contributed by atoms with Gasteiger partial charge in [-0.15, -0.1) is 0 Å². The number of hydrogen-bond donors (Lipinski definition) is 2. The maximum absolute atomic E-state index is 9.82. The molecule has 0 amide bonds. The van der Waals surface area contributed by atoms with E-state index in [9.17, 15) is 10.2 Å². The van der Waals surface area contributed by atoms with Gasteiger partial charge in [-0.2, -0.15) is 0 Å². The molecule has 0 spiro atoms. The van der Waals surface area contributed by atoms with Crippen molar-refractivity contribution in [2.45, 2.75) is 37.6 Å². The molecule has 4 atom stereocenters. The molecule has 2 rings (SSSR count). The highest BCUT2D eigenvalue weighted by molar-refractivity contribution is 5.14. The summed E-state index contributed by atoms with van der Waals surface area (Å²) >= 11 is 0. The molecule has 2 fully saturated rings. The first-order valence-corrected chi connectivity index (χ1v) is 4.72. The summed E-state index contributed by atoms with van der Waals surface area (Å²) in [5.74, 6) is 0.246. The number of ether oxygens (including phenoxy) is 1. The second kappa shape index (κ2) is 2.80. The van der Waals surface area contributed by atoms with Gasteiger partial charge in [0.1, 0.15) is 6.10 Å². The van der Waals surface area contributed by atoms with E-state index in [1.807, 2.05) is 0 Å². The van der Waals surface area contributed by atoms with E-state index in [1.165, 1.54) is 0 Å². The molecule has 1 saturated heterocycles. The van der Waals surface area contributed by atoms with E-state index < -0.39 is 11.7 Å². The molecule has 3 heteroatoms. The van der Waals surface area contributed by atoms with Gasteiger partial charge in [-0.25, -0.2) is 0 Å². The first-order chi connectivity index (χ1) is 6.02. The van der Waals surface area contributed by atoms with Crippen LogP contribution in [0.5, 0.6) is 0 Å². The van der Waals surface area contributed by atoms with E-state index in [0.29, 0.717) is 13.0 Å². The molecule has 1 aliphatic carbocycles. The smallest absolute Gasteiger partial charge is 0.109 e. The molecular weight excluding hydrogens is 168 g/mol. The Kier molecular flexibility index (Phi) is 1.98. The normalized spacial score (nSPS) is 50.7. The summed E-state index contributed by atoms with van der Waals surface area (Å²) in [5.41, 5.74) is 0.0609. The van der Waals surface area contributed by atoms with Gasteiger partial charge in [-0.05, 0) is 25.3 Å². The van der Waals surface area contributed by atoms with Crippen molar-refractivity contribution in [2.75, 3.05) is 6.61 Å². The fourth-order valence-corrected chi connectivity index (χ4v) is 2.29. The number of hydrogen-bond acceptors (Lipinski definition) is 3. The minimum Gasteiger partial charge on any atom is -0.387 e. The Morgan fingerprint density at radius 1 is 1.62 bits per heavy atom. The quantitative estimate of drug-likeness (QED) is 0.538. The van der Waals surface area contributed by atoms with Gasteiger partial charge < -0.3 is 14.9 Å². The van der Waals surface area contributed by atoms with E-state index in [0.717, 1.165) is 12.0 Å². The first-order valence-electron chi connectivity index (χ1n) is 4.72. The van der Waals surface area contributed by atoms with E-state index in [2.05, 4.69) is 6.58 Å². The lowest BCUT2D eigenvalue weighted by molar-refractivity contribution is -0.153. The van der Waals surface area contributed by atoms with Crippen molar-refractivity contribution in [1.82, 2.24) is 0 Å². The van der Waals surface area contributed by atoms with Gasteiger partial charge in [0.25, 0.3) is 0 Å². The Morgan fingerprint density at radius 3 is 3.00 bits per heavy atom. The van der Waals surface area contributed by atoms with Gasteiger partial charge in [-0.3, -0.25) is 0 Å². The molecule has 74 valence electrons. The molecule has 1 aliphatic heterocycles. The molecule has 2 N–H and O–H groups in total. The summed E-state index contributed by atoms with van der Waals surface area (Å²) in [6.45, 7) is 6.10. The number of rotatable bonds is 0. The zero-order valence-corrected chi connectivity index (χ0v) is 7.86. The van der Waals surface area contributed by atoms with Gasteiger partial charge in [0.2, 0.25) is 0 Å². The number of fused-ring (bicyclic) bond motifs is 1. The molecule has 3 nitrogen and oxygen atoms in total. The minimum atomic E-state index is -0.994. The highest BCUT2D eigenvalue weighted by atomic mass is 16.5. The van der Waals surface area contributed by atoms with Crippen LogP contribution < -0.4 is 0 Å². The molecule has 2 aliphatic rings. The van der Waals surface area contributed by atoms with Crippen molar-refractivity contribution in [1.29, 1.82) is 0 Å². The van der Waals surface area contributed by atoms with Crippen LogP contribution in [0.2, 0.25) is 0 Å². The Labute approximate surface area is 78.0 Å². The SMILES string of the molecule is C=C1CO[C@@H]2[C@H]1CC[C@@](C)(O)[C@H]2O. The van der Waals surface area contributed by atoms with Crippen LogP contribution in [0, 0.1) is 5.92 Å². The third kappa shape index (κ3) is 1.31. The van der Waals surface area contributed by atoms with E-state index in [1.54, 1.807) is 6.92 Å². The van der Waals surface area contributed by atoms with E-state index in [4.69, 9.17) is 4.74 Å². The average molecular weight is 184 g/mol. The van der Waals surface area contributed by atoms with Crippen LogP contribution in [0.1, 0.15) is 19.8 Å². The molecule has 1 saturated carbocycles. The zero-order chi connectivity index (χ0) is 9.64. The van der Waals surface area contributed by atoms with Gasteiger partial charge in [0.05, 0.1) is 18.3 Å². The Hall–Kier alpha value is -0.380. The molecule has 0 bridgehead atoms. The van der Waals surface area contributed by atoms with Crippen molar-refractivity contribution < 1.29 is 14.9 Å². The second-order valence-electron chi connectivity index (χ2n) is 4.38. The maximum Gasteiger partial charge on any atom is 0.109 e. The number of aliphatic hydroxyl groups excluding tert-OH is 1. The van der Waals surface area contributed by atoms with E-state index >= 15 is 0 Å². The summed E-state index contributed by atoms with van der Waals surface area (Å²) in [6.07, 6.45) is 0.479. The fourth-order valence-electron chi connectivity index (χ4n) is 2.29. The Bertz CT molecular complexity index is 234. The van der Waals surface area contributed by atoms with Crippen molar-refractivity contribution in [3.8, 4) is 0 Å². The molecular formula is C10H16O3. The maximum atomic E-state index is 9.82. The average Bonchev–Trinajstić information content (AvgIpc) is 2.41. The van der Waals surface area contributed by atoms with Crippen molar-refractivity contribution in [3.05, 3.63) is 12.2 Å². The van der Waals surface area contributed by atoms with Gasteiger partial charge >= 0.3 is 0 Å². The molecule has 0 aromatic heterocycles. The molecule has 0 unspecified atom stereocenters. The fraction of sp³-hybridized carbons (Fsp3) is 0.800. The van der Waals surface area contributed by atoms with Crippen LogP contribution in [0.3, 0.4) is 0 Å². The van der Waals surface area contributed by atoms with Crippen LogP contribution in [0.4, 0.5) is 0 Å². The predicted molar refractivity (Wildman–Crippen MR) is 48.2 cm³/mol. The summed E-state index contributed by atoms with van der Waals surface area (Å²) in [7, 11) is 0. The van der Waals surface area contributed by atoms with Gasteiger partial charge in [0, 0.05) is 5.92 Å². The minimum absolute atomic E-state index is 0.240. The van der Waals surface area contributed by atoms with Crippen molar-refractivity contribution in [3.63, 3.8) is 0 Å². The molecule has 0 aromatic carbocycles. The zero-order valence-electron chi connectivity index (χ0n) is 7.86. The first kappa shape index (κ1) is 9.19. The lowest BCUT2D eigenvalue weighted by Gasteiger charge is -2.40. The predicted octanol–water partition coefficient (Wildman–Crippen LogP) is 0.463. The summed E-state index contributed by atoms with van der Waals surface area (Å²) in [6, 6.07) is 0. The topological polar surface area (TPSA) is 49.7 Å². The third-order valence-electron chi connectivity index (χ3n) is 3.29. The summed E-state index contributed by atoms with van der Waals surface area (Å²) < 4.78 is 5.41. The second-order valence-corrected chi connectivity index (χ2v) is 4.38. The molecule has 0 radical (unpaired) electrons. The summed E-state index contributed by atoms with van der Waals surface area (Å²) in [4.78, 5) is 0. The van der Waals surface area contributed by atoms with Crippen LogP contribution in [-0.4, -0.2) is 34.6 Å². The van der Waals surface area contributed by atoms with Crippen LogP contribution >= 0.6 is 0 Å². The highest BCUT2D eigenvalue weighted by Gasteiger charge is 2.48.